The number of rotatable bonds is 5. The SMILES string of the molecule is Cc1cc(C)c2cc(-c3noc(CCCC(=O)O)n3)c(=O)[nH]c2c1. The number of nitrogens with zero attached hydrogens (tertiary/aromatic N) is 2. The Labute approximate surface area is 137 Å². The van der Waals surface area contributed by atoms with E-state index >= 15 is 0 Å². The fraction of sp³-hybridized carbons (Fsp3) is 0.294. The molecule has 24 heavy (non-hydrogen) atoms. The molecule has 2 heterocycles. The maximum Gasteiger partial charge on any atom is 0.303 e. The number of carboxylic acids is 1. The minimum absolute atomic E-state index is 0.0345. The van der Waals surface area contributed by atoms with Gasteiger partial charge in [-0.25, -0.2) is 0 Å². The highest BCUT2D eigenvalue weighted by atomic mass is 16.5. The number of pyridine rings is 1. The van der Waals surface area contributed by atoms with Crippen LogP contribution in [0.15, 0.2) is 27.5 Å². The van der Waals surface area contributed by atoms with Gasteiger partial charge in [-0.2, -0.15) is 4.98 Å². The predicted octanol–water partition coefficient (Wildman–Crippen LogP) is 2.60. The van der Waals surface area contributed by atoms with Crippen molar-refractivity contribution >= 4 is 16.9 Å². The number of H-pyrrole nitrogens is 1. The van der Waals surface area contributed by atoms with Gasteiger partial charge in [0, 0.05) is 23.7 Å². The summed E-state index contributed by atoms with van der Waals surface area (Å²) in [5, 5.41) is 13.4. The van der Waals surface area contributed by atoms with Crippen LogP contribution in [0.1, 0.15) is 29.9 Å². The van der Waals surface area contributed by atoms with Crippen molar-refractivity contribution in [2.75, 3.05) is 0 Å². The summed E-state index contributed by atoms with van der Waals surface area (Å²) in [7, 11) is 0. The van der Waals surface area contributed by atoms with Crippen molar-refractivity contribution in [1.82, 2.24) is 15.1 Å². The smallest absolute Gasteiger partial charge is 0.303 e. The van der Waals surface area contributed by atoms with E-state index in [1.165, 1.54) is 0 Å². The Bertz CT molecular complexity index is 972. The van der Waals surface area contributed by atoms with Crippen molar-refractivity contribution in [2.24, 2.45) is 0 Å². The second-order valence-electron chi connectivity index (χ2n) is 5.81. The van der Waals surface area contributed by atoms with Gasteiger partial charge in [-0.15, -0.1) is 0 Å². The summed E-state index contributed by atoms with van der Waals surface area (Å²) in [5.41, 5.74) is 2.94. The van der Waals surface area contributed by atoms with Crippen LogP contribution >= 0.6 is 0 Å². The number of hydrogen-bond donors (Lipinski definition) is 2. The Kier molecular flexibility index (Phi) is 4.16. The molecule has 3 aromatic rings. The summed E-state index contributed by atoms with van der Waals surface area (Å²) >= 11 is 0. The van der Waals surface area contributed by atoms with Gasteiger partial charge in [-0.3, -0.25) is 9.59 Å². The molecule has 0 aliphatic heterocycles. The molecule has 0 unspecified atom stereocenters. The number of aromatic nitrogens is 3. The highest BCUT2D eigenvalue weighted by Crippen LogP contribution is 2.22. The number of aliphatic carboxylic acids is 1. The Morgan fingerprint density at radius 2 is 2.08 bits per heavy atom. The summed E-state index contributed by atoms with van der Waals surface area (Å²) in [6, 6.07) is 5.72. The van der Waals surface area contributed by atoms with E-state index in [4.69, 9.17) is 9.63 Å². The lowest BCUT2D eigenvalue weighted by atomic mass is 10.0. The molecule has 2 aromatic heterocycles. The Morgan fingerprint density at radius 3 is 2.83 bits per heavy atom. The summed E-state index contributed by atoms with van der Waals surface area (Å²) in [5.74, 6) is -0.332. The van der Waals surface area contributed by atoms with Crippen molar-refractivity contribution < 1.29 is 14.4 Å². The monoisotopic (exact) mass is 327 g/mol. The highest BCUT2D eigenvalue weighted by molar-refractivity contribution is 5.85. The van der Waals surface area contributed by atoms with Crippen molar-refractivity contribution in [2.45, 2.75) is 33.1 Å². The fourth-order valence-corrected chi connectivity index (χ4v) is 2.70. The standard InChI is InChI=1S/C17H17N3O4/c1-9-6-10(2)11-8-12(17(23)18-13(11)7-9)16-19-14(24-20-16)4-3-5-15(21)22/h6-8H,3-5H2,1-2H3,(H,18,23)(H,21,22). The molecular formula is C17H17N3O4. The Morgan fingerprint density at radius 1 is 1.29 bits per heavy atom. The maximum absolute atomic E-state index is 12.3. The number of nitrogens with one attached hydrogen (secondary N) is 1. The van der Waals surface area contributed by atoms with Crippen LogP contribution in [0.4, 0.5) is 0 Å². The Balaban J connectivity index is 1.95. The number of carbonyl (C=O) groups is 1. The van der Waals surface area contributed by atoms with E-state index < -0.39 is 5.97 Å². The molecule has 0 aliphatic carbocycles. The van der Waals surface area contributed by atoms with Gasteiger partial charge in [0.05, 0.1) is 5.56 Å². The third-order valence-corrected chi connectivity index (χ3v) is 3.80. The molecule has 0 aliphatic rings. The zero-order valence-corrected chi connectivity index (χ0v) is 13.4. The minimum atomic E-state index is -0.869. The molecule has 0 spiro atoms. The molecule has 124 valence electrons. The van der Waals surface area contributed by atoms with E-state index in [0.29, 0.717) is 24.3 Å². The number of aryl methyl sites for hydroxylation is 3. The number of hydrogen-bond acceptors (Lipinski definition) is 5. The highest BCUT2D eigenvalue weighted by Gasteiger charge is 2.14. The van der Waals surface area contributed by atoms with Gasteiger partial charge in [0.25, 0.3) is 5.56 Å². The average molecular weight is 327 g/mol. The van der Waals surface area contributed by atoms with Crippen molar-refractivity contribution in [1.29, 1.82) is 0 Å². The molecule has 0 bridgehead atoms. The topological polar surface area (TPSA) is 109 Å². The molecule has 7 nitrogen and oxygen atoms in total. The first kappa shape index (κ1) is 15.9. The summed E-state index contributed by atoms with van der Waals surface area (Å²) in [6.45, 7) is 3.95. The van der Waals surface area contributed by atoms with Crippen molar-refractivity contribution in [3.8, 4) is 11.4 Å². The fourth-order valence-electron chi connectivity index (χ4n) is 2.70. The zero-order valence-electron chi connectivity index (χ0n) is 13.4. The molecule has 0 fully saturated rings. The molecule has 0 saturated heterocycles. The van der Waals surface area contributed by atoms with Crippen LogP contribution in [0.2, 0.25) is 0 Å². The van der Waals surface area contributed by atoms with E-state index in [1.807, 2.05) is 26.0 Å². The molecule has 2 N–H and O–H groups in total. The third-order valence-electron chi connectivity index (χ3n) is 3.80. The second kappa shape index (κ2) is 6.27. The lowest BCUT2D eigenvalue weighted by Gasteiger charge is -2.05. The minimum Gasteiger partial charge on any atom is -0.481 e. The van der Waals surface area contributed by atoms with Crippen molar-refractivity contribution in [3.63, 3.8) is 0 Å². The molecule has 0 radical (unpaired) electrons. The normalized spacial score (nSPS) is 11.1. The van der Waals surface area contributed by atoms with E-state index in [-0.39, 0.29) is 17.8 Å². The van der Waals surface area contributed by atoms with E-state index in [9.17, 15) is 9.59 Å². The predicted molar refractivity (Wildman–Crippen MR) is 87.9 cm³/mol. The average Bonchev–Trinajstić information content (AvgIpc) is 2.94. The van der Waals surface area contributed by atoms with Crippen molar-refractivity contribution in [3.05, 3.63) is 45.6 Å². The molecule has 3 rings (SSSR count). The quantitative estimate of drug-likeness (QED) is 0.745. The van der Waals surface area contributed by atoms with Gasteiger partial charge in [0.1, 0.15) is 0 Å². The van der Waals surface area contributed by atoms with Gasteiger partial charge in [0.15, 0.2) is 0 Å². The molecule has 1 aromatic carbocycles. The van der Waals surface area contributed by atoms with Crippen LogP contribution < -0.4 is 5.56 Å². The van der Waals surface area contributed by atoms with Crippen LogP contribution in [-0.4, -0.2) is 26.2 Å². The van der Waals surface area contributed by atoms with Gasteiger partial charge in [-0.05, 0) is 43.5 Å². The van der Waals surface area contributed by atoms with Crippen LogP contribution in [0.3, 0.4) is 0 Å². The molecule has 0 saturated carbocycles. The molecule has 7 heteroatoms. The van der Waals surface area contributed by atoms with Crippen LogP contribution in [0.25, 0.3) is 22.3 Å². The number of aromatic amines is 1. The molecular weight excluding hydrogens is 310 g/mol. The number of benzene rings is 1. The lowest BCUT2D eigenvalue weighted by Crippen LogP contribution is -2.10. The number of fused-ring (bicyclic) bond motifs is 1. The molecule has 0 atom stereocenters. The summed E-state index contributed by atoms with van der Waals surface area (Å²) in [6.07, 6.45) is 0.805. The van der Waals surface area contributed by atoms with Gasteiger partial charge in [-0.1, -0.05) is 11.2 Å². The van der Waals surface area contributed by atoms with Crippen LogP contribution in [0.5, 0.6) is 0 Å². The van der Waals surface area contributed by atoms with Crippen LogP contribution in [0, 0.1) is 13.8 Å². The van der Waals surface area contributed by atoms with Gasteiger partial charge < -0.3 is 14.6 Å². The van der Waals surface area contributed by atoms with E-state index in [1.54, 1.807) is 6.07 Å². The Hall–Kier alpha value is -2.96. The van der Waals surface area contributed by atoms with E-state index in [2.05, 4.69) is 15.1 Å². The third kappa shape index (κ3) is 3.19. The number of carboxylic acid groups (broad SMARTS) is 1. The van der Waals surface area contributed by atoms with E-state index in [0.717, 1.165) is 22.0 Å². The second-order valence-corrected chi connectivity index (χ2v) is 5.81. The summed E-state index contributed by atoms with van der Waals surface area (Å²) in [4.78, 5) is 29.9. The first-order valence-corrected chi connectivity index (χ1v) is 7.63. The lowest BCUT2D eigenvalue weighted by molar-refractivity contribution is -0.137. The maximum atomic E-state index is 12.3. The largest absolute Gasteiger partial charge is 0.481 e. The first-order valence-electron chi connectivity index (χ1n) is 7.63. The zero-order chi connectivity index (χ0) is 17.3. The summed E-state index contributed by atoms with van der Waals surface area (Å²) < 4.78 is 5.11. The molecule has 0 amide bonds. The van der Waals surface area contributed by atoms with Gasteiger partial charge >= 0.3 is 5.97 Å². The van der Waals surface area contributed by atoms with Gasteiger partial charge in [0.2, 0.25) is 11.7 Å². The first-order chi connectivity index (χ1) is 11.4. The van der Waals surface area contributed by atoms with Crippen LogP contribution in [-0.2, 0) is 11.2 Å².